The van der Waals surface area contributed by atoms with Crippen LogP contribution in [0.5, 0.6) is 0 Å². The highest BCUT2D eigenvalue weighted by Crippen LogP contribution is 2.20. The number of halogens is 1. The van der Waals surface area contributed by atoms with Crippen LogP contribution in [0.4, 0.5) is 17.3 Å². The van der Waals surface area contributed by atoms with Crippen molar-refractivity contribution in [3.05, 3.63) is 76.0 Å². The van der Waals surface area contributed by atoms with Crippen LogP contribution in [-0.4, -0.2) is 15.9 Å². The molecule has 0 saturated carbocycles. The molecule has 1 amide bonds. The van der Waals surface area contributed by atoms with E-state index in [2.05, 4.69) is 42.6 Å². The van der Waals surface area contributed by atoms with Gasteiger partial charge in [0, 0.05) is 28.2 Å². The molecule has 0 bridgehead atoms. The molecule has 0 aliphatic carbocycles. The van der Waals surface area contributed by atoms with E-state index in [9.17, 15) is 4.79 Å². The van der Waals surface area contributed by atoms with Crippen LogP contribution in [0.1, 0.15) is 21.5 Å². The van der Waals surface area contributed by atoms with E-state index in [0.29, 0.717) is 17.2 Å². The number of rotatable bonds is 4. The average Bonchev–Trinajstić information content (AvgIpc) is 2.59. The fourth-order valence-electron chi connectivity index (χ4n) is 2.27. The number of benzene rings is 2. The van der Waals surface area contributed by atoms with Gasteiger partial charge in [-0.3, -0.25) is 4.79 Å². The normalized spacial score (nSPS) is 10.4. The second kappa shape index (κ2) is 7.44. The fourth-order valence-corrected chi connectivity index (χ4v) is 2.67. The molecule has 5 nitrogen and oxygen atoms in total. The van der Waals surface area contributed by atoms with Crippen molar-refractivity contribution in [2.75, 3.05) is 10.6 Å². The third-order valence-electron chi connectivity index (χ3n) is 3.64. The van der Waals surface area contributed by atoms with Gasteiger partial charge in [0.25, 0.3) is 5.91 Å². The second-order valence-electron chi connectivity index (χ2n) is 5.70. The van der Waals surface area contributed by atoms with Crippen molar-refractivity contribution >= 4 is 39.2 Å². The van der Waals surface area contributed by atoms with Gasteiger partial charge in [0.1, 0.15) is 0 Å². The number of hydrogen-bond donors (Lipinski definition) is 2. The number of hydrogen-bond acceptors (Lipinski definition) is 4. The molecule has 126 valence electrons. The van der Waals surface area contributed by atoms with Gasteiger partial charge < -0.3 is 10.6 Å². The van der Waals surface area contributed by atoms with E-state index in [0.717, 1.165) is 21.3 Å². The number of nitrogens with one attached hydrogen (secondary N) is 2. The van der Waals surface area contributed by atoms with E-state index < -0.39 is 0 Å². The van der Waals surface area contributed by atoms with Crippen LogP contribution in [0, 0.1) is 13.8 Å². The first-order valence-corrected chi connectivity index (χ1v) is 8.54. The van der Waals surface area contributed by atoms with Gasteiger partial charge in [-0.2, -0.15) is 0 Å². The van der Waals surface area contributed by atoms with E-state index in [-0.39, 0.29) is 5.91 Å². The standard InChI is InChI=1S/C19H17BrN4O/c1-12-6-7-13(2)17(8-12)24-19-21-10-14(11-22-19)18(25)23-16-5-3-4-15(20)9-16/h3-11H,1-2H3,(H,23,25)(H,21,22,24). The third kappa shape index (κ3) is 4.42. The van der Waals surface area contributed by atoms with Crippen LogP contribution in [0.15, 0.2) is 59.3 Å². The Labute approximate surface area is 154 Å². The van der Waals surface area contributed by atoms with Crippen molar-refractivity contribution in [3.8, 4) is 0 Å². The van der Waals surface area contributed by atoms with Crippen LogP contribution in [0.25, 0.3) is 0 Å². The van der Waals surface area contributed by atoms with E-state index in [1.807, 2.05) is 50.2 Å². The molecule has 0 fully saturated rings. The molecule has 1 aromatic heterocycles. The molecule has 1 heterocycles. The molecule has 2 aromatic carbocycles. The molecular formula is C19H17BrN4O. The molecule has 0 radical (unpaired) electrons. The van der Waals surface area contributed by atoms with Gasteiger partial charge >= 0.3 is 0 Å². The fraction of sp³-hybridized carbons (Fsp3) is 0.105. The molecule has 0 aliphatic heterocycles. The predicted octanol–water partition coefficient (Wildman–Crippen LogP) is 4.85. The summed E-state index contributed by atoms with van der Waals surface area (Å²) in [6, 6.07) is 13.5. The van der Waals surface area contributed by atoms with Crippen LogP contribution >= 0.6 is 15.9 Å². The maximum atomic E-state index is 12.3. The lowest BCUT2D eigenvalue weighted by Gasteiger charge is -2.09. The Morgan fingerprint density at radius 1 is 1.04 bits per heavy atom. The van der Waals surface area contributed by atoms with Gasteiger partial charge in [0.2, 0.25) is 5.95 Å². The van der Waals surface area contributed by atoms with Crippen molar-refractivity contribution in [1.82, 2.24) is 9.97 Å². The highest BCUT2D eigenvalue weighted by Gasteiger charge is 2.09. The highest BCUT2D eigenvalue weighted by atomic mass is 79.9. The molecule has 0 saturated heterocycles. The Kier molecular flexibility index (Phi) is 5.09. The predicted molar refractivity (Wildman–Crippen MR) is 103 cm³/mol. The summed E-state index contributed by atoms with van der Waals surface area (Å²) in [5, 5.41) is 5.99. The number of amides is 1. The highest BCUT2D eigenvalue weighted by molar-refractivity contribution is 9.10. The first kappa shape index (κ1) is 17.1. The first-order chi connectivity index (χ1) is 12.0. The molecule has 0 aliphatic rings. The quantitative estimate of drug-likeness (QED) is 0.661. The summed E-state index contributed by atoms with van der Waals surface area (Å²) in [5.74, 6) is 0.198. The molecular weight excluding hydrogens is 380 g/mol. The van der Waals surface area contributed by atoms with Crippen molar-refractivity contribution in [1.29, 1.82) is 0 Å². The van der Waals surface area contributed by atoms with Crippen molar-refractivity contribution in [2.24, 2.45) is 0 Å². The summed E-state index contributed by atoms with van der Waals surface area (Å²) in [7, 11) is 0. The summed E-state index contributed by atoms with van der Waals surface area (Å²) in [6.07, 6.45) is 3.02. The summed E-state index contributed by atoms with van der Waals surface area (Å²) in [5.41, 5.74) is 4.30. The van der Waals surface area contributed by atoms with Gasteiger partial charge in [0.05, 0.1) is 5.56 Å². The zero-order chi connectivity index (χ0) is 17.8. The minimum Gasteiger partial charge on any atom is -0.324 e. The largest absolute Gasteiger partial charge is 0.324 e. The van der Waals surface area contributed by atoms with Crippen molar-refractivity contribution < 1.29 is 4.79 Å². The molecule has 0 atom stereocenters. The van der Waals surface area contributed by atoms with E-state index >= 15 is 0 Å². The topological polar surface area (TPSA) is 66.9 Å². The molecule has 0 spiro atoms. The lowest BCUT2D eigenvalue weighted by Crippen LogP contribution is -2.13. The molecule has 3 aromatic rings. The van der Waals surface area contributed by atoms with Crippen LogP contribution in [-0.2, 0) is 0 Å². The van der Waals surface area contributed by atoms with Crippen molar-refractivity contribution in [2.45, 2.75) is 13.8 Å². The Morgan fingerprint density at radius 2 is 1.80 bits per heavy atom. The smallest absolute Gasteiger partial charge is 0.258 e. The summed E-state index contributed by atoms with van der Waals surface area (Å²) >= 11 is 3.38. The zero-order valence-electron chi connectivity index (χ0n) is 13.9. The number of carbonyl (C=O) groups is 1. The lowest BCUT2D eigenvalue weighted by atomic mass is 10.1. The number of aromatic nitrogens is 2. The number of aryl methyl sites for hydroxylation is 2. The summed E-state index contributed by atoms with van der Waals surface area (Å²) < 4.78 is 0.898. The molecule has 3 rings (SSSR count). The minimum absolute atomic E-state index is 0.253. The van der Waals surface area contributed by atoms with Crippen molar-refractivity contribution in [3.63, 3.8) is 0 Å². The maximum Gasteiger partial charge on any atom is 0.258 e. The third-order valence-corrected chi connectivity index (χ3v) is 4.13. The maximum absolute atomic E-state index is 12.3. The number of nitrogens with zero attached hydrogens (tertiary/aromatic N) is 2. The molecule has 25 heavy (non-hydrogen) atoms. The SMILES string of the molecule is Cc1ccc(C)c(Nc2ncc(C(=O)Nc3cccc(Br)c3)cn2)c1. The van der Waals surface area contributed by atoms with Gasteiger partial charge in [-0.1, -0.05) is 34.1 Å². The Hall–Kier alpha value is -2.73. The Bertz CT molecular complexity index is 910. The lowest BCUT2D eigenvalue weighted by molar-refractivity contribution is 0.102. The number of anilines is 3. The zero-order valence-corrected chi connectivity index (χ0v) is 15.5. The molecule has 6 heteroatoms. The van der Waals surface area contributed by atoms with Gasteiger partial charge in [-0.15, -0.1) is 0 Å². The van der Waals surface area contributed by atoms with Gasteiger partial charge in [-0.05, 0) is 49.2 Å². The first-order valence-electron chi connectivity index (χ1n) is 7.74. The molecule has 0 unspecified atom stereocenters. The monoisotopic (exact) mass is 396 g/mol. The second-order valence-corrected chi connectivity index (χ2v) is 6.62. The average molecular weight is 397 g/mol. The van der Waals surface area contributed by atoms with Crippen LogP contribution in [0.3, 0.4) is 0 Å². The van der Waals surface area contributed by atoms with Gasteiger partial charge in [-0.25, -0.2) is 9.97 Å². The Morgan fingerprint density at radius 3 is 2.52 bits per heavy atom. The van der Waals surface area contributed by atoms with Crippen LogP contribution in [0.2, 0.25) is 0 Å². The Balaban J connectivity index is 1.71. The van der Waals surface area contributed by atoms with Crippen LogP contribution < -0.4 is 10.6 Å². The van der Waals surface area contributed by atoms with E-state index in [4.69, 9.17) is 0 Å². The van der Waals surface area contributed by atoms with Gasteiger partial charge in [0.15, 0.2) is 0 Å². The summed E-state index contributed by atoms with van der Waals surface area (Å²) in [6.45, 7) is 4.04. The summed E-state index contributed by atoms with van der Waals surface area (Å²) in [4.78, 5) is 20.7. The number of carbonyl (C=O) groups excluding carboxylic acids is 1. The van der Waals surface area contributed by atoms with E-state index in [1.165, 1.54) is 12.4 Å². The molecule has 2 N–H and O–H groups in total. The van der Waals surface area contributed by atoms with E-state index in [1.54, 1.807) is 0 Å². The minimum atomic E-state index is -0.253.